The average Bonchev–Trinajstić information content (AvgIpc) is 3.64. The number of aliphatic hydroxyl groups excluding tert-OH is 1. The van der Waals surface area contributed by atoms with Crippen molar-refractivity contribution >= 4 is 17.8 Å². The third kappa shape index (κ3) is 7.99. The lowest BCUT2D eigenvalue weighted by molar-refractivity contribution is -0.136. The topological polar surface area (TPSA) is 108 Å². The number of rotatable bonds is 10. The number of hydrogen-bond donors (Lipinski definition) is 2. The third-order valence-corrected chi connectivity index (χ3v) is 5.83. The van der Waals surface area contributed by atoms with Crippen LogP contribution in [0.15, 0.2) is 24.3 Å². The van der Waals surface area contributed by atoms with Gasteiger partial charge in [0.25, 0.3) is 0 Å². The predicted octanol–water partition coefficient (Wildman–Crippen LogP) is 2.08. The van der Waals surface area contributed by atoms with Crippen LogP contribution in [0, 0.1) is 5.92 Å². The SMILES string of the molecule is CC(C)(C)OC(=O)N[C@H](CO)C(=O)N1CCN(CCCOc2ccc(C(=O)C3CC3)cc2)CC1. The Balaban J connectivity index is 1.33. The lowest BCUT2D eigenvalue weighted by atomic mass is 10.1. The highest BCUT2D eigenvalue weighted by molar-refractivity contribution is 5.99. The maximum atomic E-state index is 12.7. The smallest absolute Gasteiger partial charge is 0.408 e. The van der Waals surface area contributed by atoms with E-state index in [0.717, 1.165) is 37.1 Å². The third-order valence-electron chi connectivity index (χ3n) is 5.83. The summed E-state index contributed by atoms with van der Waals surface area (Å²) in [6.07, 6.45) is 2.13. The molecular formula is C25H37N3O6. The minimum absolute atomic E-state index is 0.221. The van der Waals surface area contributed by atoms with Gasteiger partial charge in [-0.25, -0.2) is 4.79 Å². The van der Waals surface area contributed by atoms with Crippen molar-refractivity contribution in [3.05, 3.63) is 29.8 Å². The van der Waals surface area contributed by atoms with Crippen LogP contribution in [0.1, 0.15) is 50.4 Å². The van der Waals surface area contributed by atoms with Gasteiger partial charge in [-0.15, -0.1) is 0 Å². The first kappa shape index (κ1) is 26.0. The number of hydrogen-bond acceptors (Lipinski definition) is 7. The summed E-state index contributed by atoms with van der Waals surface area (Å²) in [6, 6.07) is 6.36. The van der Waals surface area contributed by atoms with E-state index in [2.05, 4.69) is 10.2 Å². The van der Waals surface area contributed by atoms with Gasteiger partial charge < -0.3 is 24.8 Å². The molecule has 1 aromatic carbocycles. The minimum atomic E-state index is -1.01. The Bertz CT molecular complexity index is 839. The fourth-order valence-corrected chi connectivity index (χ4v) is 3.82. The maximum absolute atomic E-state index is 12.7. The average molecular weight is 476 g/mol. The molecule has 0 spiro atoms. The molecular weight excluding hydrogens is 438 g/mol. The van der Waals surface area contributed by atoms with Crippen LogP contribution < -0.4 is 10.1 Å². The molecule has 1 aliphatic heterocycles. The van der Waals surface area contributed by atoms with Crippen LogP contribution >= 0.6 is 0 Å². The zero-order valence-corrected chi connectivity index (χ0v) is 20.4. The van der Waals surface area contributed by atoms with Crippen molar-refractivity contribution in [1.82, 2.24) is 15.1 Å². The molecule has 1 saturated carbocycles. The van der Waals surface area contributed by atoms with Crippen LogP contribution in [0.2, 0.25) is 0 Å². The lowest BCUT2D eigenvalue weighted by Crippen LogP contribution is -2.56. The molecule has 188 valence electrons. The van der Waals surface area contributed by atoms with Crippen molar-refractivity contribution in [2.75, 3.05) is 45.9 Å². The van der Waals surface area contributed by atoms with E-state index in [4.69, 9.17) is 9.47 Å². The van der Waals surface area contributed by atoms with Crippen molar-refractivity contribution in [3.8, 4) is 5.75 Å². The first-order valence-corrected chi connectivity index (χ1v) is 12.0. The molecule has 1 atom stereocenters. The number of amides is 2. The molecule has 2 fully saturated rings. The fraction of sp³-hybridized carbons (Fsp3) is 0.640. The van der Waals surface area contributed by atoms with E-state index in [-0.39, 0.29) is 17.6 Å². The van der Waals surface area contributed by atoms with E-state index in [1.807, 2.05) is 24.3 Å². The number of aliphatic hydroxyl groups is 1. The number of carbonyl (C=O) groups excluding carboxylic acids is 3. The summed E-state index contributed by atoms with van der Waals surface area (Å²) >= 11 is 0. The predicted molar refractivity (Wildman–Crippen MR) is 127 cm³/mol. The van der Waals surface area contributed by atoms with Gasteiger partial charge in [-0.3, -0.25) is 14.5 Å². The highest BCUT2D eigenvalue weighted by Crippen LogP contribution is 2.32. The first-order valence-electron chi connectivity index (χ1n) is 12.0. The fourth-order valence-electron chi connectivity index (χ4n) is 3.82. The Morgan fingerprint density at radius 2 is 1.74 bits per heavy atom. The van der Waals surface area contributed by atoms with Crippen LogP contribution in [0.25, 0.3) is 0 Å². The molecule has 9 nitrogen and oxygen atoms in total. The molecule has 0 aromatic heterocycles. The molecule has 2 N–H and O–H groups in total. The van der Waals surface area contributed by atoms with Gasteiger partial charge in [0.2, 0.25) is 5.91 Å². The van der Waals surface area contributed by atoms with Crippen LogP contribution in [0.5, 0.6) is 5.75 Å². The summed E-state index contributed by atoms with van der Waals surface area (Å²) in [5, 5.41) is 12.0. The van der Waals surface area contributed by atoms with Crippen molar-refractivity contribution in [2.24, 2.45) is 5.92 Å². The second kappa shape index (κ2) is 11.7. The van der Waals surface area contributed by atoms with E-state index in [1.165, 1.54) is 0 Å². The number of alkyl carbamates (subject to hydrolysis) is 1. The van der Waals surface area contributed by atoms with E-state index in [0.29, 0.717) is 32.8 Å². The number of carbonyl (C=O) groups is 3. The largest absolute Gasteiger partial charge is 0.494 e. The summed E-state index contributed by atoms with van der Waals surface area (Å²) in [7, 11) is 0. The Hall–Kier alpha value is -2.65. The van der Waals surface area contributed by atoms with E-state index >= 15 is 0 Å². The molecule has 1 heterocycles. The van der Waals surface area contributed by atoms with Gasteiger partial charge in [0.1, 0.15) is 17.4 Å². The number of ketones is 1. The Morgan fingerprint density at radius 3 is 2.29 bits per heavy atom. The summed E-state index contributed by atoms with van der Waals surface area (Å²) in [5.74, 6) is 0.906. The molecule has 1 saturated heterocycles. The van der Waals surface area contributed by atoms with Crippen molar-refractivity contribution in [2.45, 2.75) is 51.7 Å². The molecule has 0 unspecified atom stereocenters. The van der Waals surface area contributed by atoms with Crippen LogP contribution in [-0.2, 0) is 9.53 Å². The van der Waals surface area contributed by atoms with Gasteiger partial charge in [0.05, 0.1) is 13.2 Å². The van der Waals surface area contributed by atoms with E-state index in [1.54, 1.807) is 25.7 Å². The van der Waals surface area contributed by atoms with Gasteiger partial charge in [0, 0.05) is 44.2 Å². The summed E-state index contributed by atoms with van der Waals surface area (Å²) in [4.78, 5) is 40.6. The number of Topliss-reactive ketones (excluding diaryl/α,β-unsaturated/α-hetero) is 1. The van der Waals surface area contributed by atoms with Gasteiger partial charge in [0.15, 0.2) is 5.78 Å². The van der Waals surface area contributed by atoms with Crippen molar-refractivity contribution in [3.63, 3.8) is 0 Å². The molecule has 2 aliphatic rings. The Morgan fingerprint density at radius 1 is 1.09 bits per heavy atom. The Labute approximate surface area is 201 Å². The zero-order valence-electron chi connectivity index (χ0n) is 20.4. The lowest BCUT2D eigenvalue weighted by Gasteiger charge is -2.36. The minimum Gasteiger partial charge on any atom is -0.494 e. The molecule has 0 bridgehead atoms. The molecule has 34 heavy (non-hydrogen) atoms. The highest BCUT2D eigenvalue weighted by atomic mass is 16.6. The molecule has 0 radical (unpaired) electrons. The molecule has 9 heteroatoms. The molecule has 2 amide bonds. The number of nitrogens with zero attached hydrogens (tertiary/aromatic N) is 2. The number of ether oxygens (including phenoxy) is 2. The standard InChI is InChI=1S/C25H37N3O6/c1-25(2,3)34-24(32)26-21(17-29)23(31)28-14-12-27(13-15-28)11-4-16-33-20-9-7-19(8-10-20)22(30)18-5-6-18/h7-10,18,21,29H,4-6,11-17H2,1-3H3,(H,26,32)/t21-/m1/s1. The first-order chi connectivity index (χ1) is 16.2. The maximum Gasteiger partial charge on any atom is 0.408 e. The van der Waals surface area contributed by atoms with Gasteiger partial charge in [-0.05, 0) is 64.3 Å². The van der Waals surface area contributed by atoms with Crippen LogP contribution in [0.4, 0.5) is 4.79 Å². The normalized spacial score (nSPS) is 17.7. The number of nitrogens with one attached hydrogen (secondary N) is 1. The van der Waals surface area contributed by atoms with E-state index < -0.39 is 24.3 Å². The second-order valence-electron chi connectivity index (χ2n) is 9.91. The van der Waals surface area contributed by atoms with Crippen LogP contribution in [-0.4, -0.2) is 90.3 Å². The molecule has 1 aliphatic carbocycles. The summed E-state index contributed by atoms with van der Waals surface area (Å²) in [6.45, 7) is 8.64. The molecule has 1 aromatic rings. The highest BCUT2D eigenvalue weighted by Gasteiger charge is 2.31. The van der Waals surface area contributed by atoms with Crippen molar-refractivity contribution < 1.29 is 29.0 Å². The van der Waals surface area contributed by atoms with Gasteiger partial charge in [-0.2, -0.15) is 0 Å². The van der Waals surface area contributed by atoms with E-state index in [9.17, 15) is 19.5 Å². The molecule has 3 rings (SSSR count). The van der Waals surface area contributed by atoms with Gasteiger partial charge >= 0.3 is 6.09 Å². The second-order valence-corrected chi connectivity index (χ2v) is 9.91. The number of piperazine rings is 1. The zero-order chi connectivity index (χ0) is 24.7. The number of benzene rings is 1. The Kier molecular flexibility index (Phi) is 8.90. The van der Waals surface area contributed by atoms with Gasteiger partial charge in [-0.1, -0.05) is 0 Å². The van der Waals surface area contributed by atoms with Crippen LogP contribution in [0.3, 0.4) is 0 Å². The monoisotopic (exact) mass is 475 g/mol. The summed E-state index contributed by atoms with van der Waals surface area (Å²) in [5.41, 5.74) is 0.0769. The summed E-state index contributed by atoms with van der Waals surface area (Å²) < 4.78 is 11.0. The quantitative estimate of drug-likeness (QED) is 0.394. The van der Waals surface area contributed by atoms with Crippen molar-refractivity contribution in [1.29, 1.82) is 0 Å².